The molecule has 3 atom stereocenters. The monoisotopic (exact) mass is 195 g/mol. The van der Waals surface area contributed by atoms with Gasteiger partial charge in [-0.2, -0.15) is 0 Å². The molecule has 3 aliphatic rings. The van der Waals surface area contributed by atoms with E-state index in [4.69, 9.17) is 4.74 Å². The maximum absolute atomic E-state index is 11.4. The van der Waals surface area contributed by atoms with E-state index in [1.54, 1.807) is 6.92 Å². The summed E-state index contributed by atoms with van der Waals surface area (Å²) in [5, 5.41) is 0. The summed E-state index contributed by atoms with van der Waals surface area (Å²) < 4.78 is 5.09. The van der Waals surface area contributed by atoms with Crippen LogP contribution in [0.2, 0.25) is 0 Å². The lowest BCUT2D eigenvalue weighted by atomic mass is 9.60. The first-order valence-electron chi connectivity index (χ1n) is 5.11. The minimum atomic E-state index is -0.233. The molecular weight excluding hydrogens is 182 g/mol. The minimum Gasteiger partial charge on any atom is -0.463 e. The molecule has 3 fully saturated rings. The van der Waals surface area contributed by atoms with Crippen LogP contribution in [0.1, 0.15) is 19.8 Å². The molecule has 1 spiro atoms. The summed E-state index contributed by atoms with van der Waals surface area (Å²) in [5.74, 6) is 0.451. The normalized spacial score (nSPS) is 44.1. The summed E-state index contributed by atoms with van der Waals surface area (Å²) in [7, 11) is 0. The van der Waals surface area contributed by atoms with Crippen LogP contribution in [0.5, 0.6) is 0 Å². The van der Waals surface area contributed by atoms with Gasteiger partial charge in [-0.05, 0) is 18.8 Å². The van der Waals surface area contributed by atoms with Crippen molar-refractivity contribution in [2.45, 2.75) is 25.3 Å². The summed E-state index contributed by atoms with van der Waals surface area (Å²) >= 11 is 0. The lowest BCUT2D eigenvalue weighted by Gasteiger charge is -2.48. The van der Waals surface area contributed by atoms with Gasteiger partial charge >= 0.3 is 5.97 Å². The highest BCUT2D eigenvalue weighted by Crippen LogP contribution is 2.57. The molecule has 3 rings (SSSR count). The Hall–Kier alpha value is -1.06. The third-order valence-electron chi connectivity index (χ3n) is 4.14. The molecule has 2 heterocycles. The Labute approximate surface area is 82.2 Å². The van der Waals surface area contributed by atoms with Gasteiger partial charge in [0.15, 0.2) is 0 Å². The van der Waals surface area contributed by atoms with Crippen LogP contribution in [-0.2, 0) is 14.3 Å². The van der Waals surface area contributed by atoms with Crippen molar-refractivity contribution in [1.29, 1.82) is 0 Å². The number of cyclic esters (lactones) is 1. The van der Waals surface area contributed by atoms with Gasteiger partial charge in [-0.25, -0.2) is 0 Å². The van der Waals surface area contributed by atoms with E-state index in [1.807, 2.05) is 4.90 Å². The van der Waals surface area contributed by atoms with Crippen molar-refractivity contribution in [3.63, 3.8) is 0 Å². The van der Waals surface area contributed by atoms with Gasteiger partial charge in [0.2, 0.25) is 5.91 Å². The smallest absolute Gasteiger partial charge is 0.311 e. The molecule has 0 aromatic carbocycles. The van der Waals surface area contributed by atoms with E-state index < -0.39 is 0 Å². The topological polar surface area (TPSA) is 46.6 Å². The second-order valence-electron chi connectivity index (χ2n) is 4.54. The molecule has 4 heteroatoms. The van der Waals surface area contributed by atoms with Gasteiger partial charge in [0.05, 0.1) is 11.5 Å². The first-order valence-corrected chi connectivity index (χ1v) is 5.11. The predicted octanol–water partition coefficient (Wildman–Crippen LogP) is 0.170. The Kier molecular flexibility index (Phi) is 1.36. The highest BCUT2D eigenvalue weighted by molar-refractivity contribution is 5.83. The first kappa shape index (κ1) is 8.26. The molecule has 76 valence electrons. The molecule has 4 nitrogen and oxygen atoms in total. The van der Waals surface area contributed by atoms with E-state index >= 15 is 0 Å². The highest BCUT2D eigenvalue weighted by atomic mass is 16.5. The Morgan fingerprint density at radius 1 is 1.64 bits per heavy atom. The van der Waals surface area contributed by atoms with Crippen molar-refractivity contribution in [1.82, 2.24) is 4.90 Å². The molecule has 0 unspecified atom stereocenters. The predicted molar refractivity (Wildman–Crippen MR) is 47.3 cm³/mol. The number of nitrogens with zero attached hydrogens (tertiary/aromatic N) is 1. The average molecular weight is 195 g/mol. The zero-order chi connectivity index (χ0) is 9.92. The molecule has 0 bridgehead atoms. The average Bonchev–Trinajstić information content (AvgIpc) is 2.51. The number of hydrogen-bond acceptors (Lipinski definition) is 3. The number of esters is 1. The summed E-state index contributed by atoms with van der Waals surface area (Å²) in [6.07, 6.45) is 1.95. The fourth-order valence-corrected chi connectivity index (χ4v) is 3.42. The molecule has 0 aromatic heterocycles. The van der Waals surface area contributed by atoms with Crippen molar-refractivity contribution in [3.8, 4) is 0 Å². The van der Waals surface area contributed by atoms with Gasteiger partial charge < -0.3 is 9.64 Å². The quantitative estimate of drug-likeness (QED) is 0.518. The van der Waals surface area contributed by atoms with E-state index in [0.29, 0.717) is 12.5 Å². The van der Waals surface area contributed by atoms with Crippen molar-refractivity contribution in [2.75, 3.05) is 13.2 Å². The van der Waals surface area contributed by atoms with Crippen LogP contribution in [-0.4, -0.2) is 35.5 Å². The third-order valence-corrected chi connectivity index (χ3v) is 4.14. The van der Waals surface area contributed by atoms with Gasteiger partial charge in [0.25, 0.3) is 0 Å². The second kappa shape index (κ2) is 2.30. The SMILES string of the molecule is CC(=O)N1CC[C@@H]2C[C@H]3C(=O)OC[C@@]231. The lowest BCUT2D eigenvalue weighted by Crippen LogP contribution is -2.62. The minimum absolute atomic E-state index is 0.0288. The van der Waals surface area contributed by atoms with Crippen LogP contribution in [0.3, 0.4) is 0 Å². The van der Waals surface area contributed by atoms with Crippen molar-refractivity contribution in [2.24, 2.45) is 11.8 Å². The Morgan fingerprint density at radius 3 is 3.07 bits per heavy atom. The van der Waals surface area contributed by atoms with Crippen LogP contribution >= 0.6 is 0 Å². The number of ether oxygens (including phenoxy) is 1. The van der Waals surface area contributed by atoms with Crippen molar-refractivity contribution < 1.29 is 14.3 Å². The first-order chi connectivity index (χ1) is 6.66. The molecule has 1 amide bonds. The largest absolute Gasteiger partial charge is 0.463 e. The summed E-state index contributed by atoms with van der Waals surface area (Å²) in [5.41, 5.74) is -0.233. The van der Waals surface area contributed by atoms with Gasteiger partial charge in [0, 0.05) is 13.5 Å². The maximum Gasteiger partial charge on any atom is 0.311 e. The summed E-state index contributed by atoms with van der Waals surface area (Å²) in [6.45, 7) is 2.81. The van der Waals surface area contributed by atoms with E-state index in [2.05, 4.69) is 0 Å². The molecule has 1 saturated carbocycles. The fourth-order valence-electron chi connectivity index (χ4n) is 3.42. The number of amides is 1. The van der Waals surface area contributed by atoms with Gasteiger partial charge in [-0.1, -0.05) is 0 Å². The molecule has 1 aliphatic carbocycles. The Morgan fingerprint density at radius 2 is 2.43 bits per heavy atom. The number of likely N-dealkylation sites (tertiary alicyclic amines) is 1. The van der Waals surface area contributed by atoms with E-state index in [0.717, 1.165) is 19.4 Å². The van der Waals surface area contributed by atoms with E-state index in [1.165, 1.54) is 0 Å². The van der Waals surface area contributed by atoms with E-state index in [9.17, 15) is 9.59 Å². The van der Waals surface area contributed by atoms with Gasteiger partial charge in [0.1, 0.15) is 6.61 Å². The van der Waals surface area contributed by atoms with E-state index in [-0.39, 0.29) is 23.3 Å². The highest BCUT2D eigenvalue weighted by Gasteiger charge is 2.69. The molecular formula is C10H13NO3. The van der Waals surface area contributed by atoms with Crippen LogP contribution < -0.4 is 0 Å². The van der Waals surface area contributed by atoms with Crippen LogP contribution in [0.4, 0.5) is 0 Å². The van der Waals surface area contributed by atoms with Crippen LogP contribution in [0.15, 0.2) is 0 Å². The number of carbonyl (C=O) groups excluding carboxylic acids is 2. The van der Waals surface area contributed by atoms with Crippen LogP contribution in [0, 0.1) is 11.8 Å². The number of hydrogen-bond donors (Lipinski definition) is 0. The zero-order valence-electron chi connectivity index (χ0n) is 8.16. The standard InChI is InChI=1S/C10H13NO3/c1-6(12)11-3-2-7-4-8-9(13)14-5-10(7,8)11/h7-8H,2-5H2,1H3/t7-,8+,10-/m1/s1. The molecule has 0 N–H and O–H groups in total. The summed E-state index contributed by atoms with van der Waals surface area (Å²) in [4.78, 5) is 24.7. The van der Waals surface area contributed by atoms with Gasteiger partial charge in [-0.3, -0.25) is 9.59 Å². The fraction of sp³-hybridized carbons (Fsp3) is 0.800. The van der Waals surface area contributed by atoms with Crippen LogP contribution in [0.25, 0.3) is 0 Å². The molecule has 0 radical (unpaired) electrons. The summed E-state index contributed by atoms with van der Waals surface area (Å²) in [6, 6.07) is 0. The molecule has 14 heavy (non-hydrogen) atoms. The van der Waals surface area contributed by atoms with Crippen molar-refractivity contribution in [3.05, 3.63) is 0 Å². The Bertz CT molecular complexity index is 327. The van der Waals surface area contributed by atoms with Gasteiger partial charge in [-0.15, -0.1) is 0 Å². The lowest BCUT2D eigenvalue weighted by molar-refractivity contribution is -0.145. The number of rotatable bonds is 0. The molecule has 2 saturated heterocycles. The van der Waals surface area contributed by atoms with Crippen molar-refractivity contribution >= 4 is 11.9 Å². The second-order valence-corrected chi connectivity index (χ2v) is 4.54. The maximum atomic E-state index is 11.4. The third kappa shape index (κ3) is 0.678. The zero-order valence-corrected chi connectivity index (χ0v) is 8.16. The molecule has 2 aliphatic heterocycles. The Balaban J connectivity index is 1.99. The molecule has 0 aromatic rings. The number of carbonyl (C=O) groups is 2.